The Morgan fingerprint density at radius 1 is 1.14 bits per heavy atom. The molecule has 130 valence electrons. The molecule has 1 N–H and O–H groups in total. The molecule has 0 unspecified atom stereocenters. The van der Waals surface area contributed by atoms with E-state index in [0.717, 1.165) is 5.92 Å². The quantitative estimate of drug-likeness (QED) is 0.778. The standard InChI is InChI=1S/C19H37NO2/c1-13(2)20(14(3)4)11-16(21)12-22-17-10-15-8-9-19(17,7)18(15,5)6/h13-17,21H,8-12H2,1-7H3/t15-,16-,17-,19-/m1/s1. The summed E-state index contributed by atoms with van der Waals surface area (Å²) in [6.07, 6.45) is 3.72. The zero-order chi connectivity index (χ0) is 16.7. The predicted molar refractivity (Wildman–Crippen MR) is 92.0 cm³/mol. The minimum Gasteiger partial charge on any atom is -0.389 e. The molecule has 2 fully saturated rings. The fourth-order valence-electron chi connectivity index (χ4n) is 4.92. The number of hydrogen-bond donors (Lipinski definition) is 1. The van der Waals surface area contributed by atoms with Crippen molar-refractivity contribution in [3.63, 3.8) is 0 Å². The van der Waals surface area contributed by atoms with Crippen LogP contribution >= 0.6 is 0 Å². The van der Waals surface area contributed by atoms with E-state index in [4.69, 9.17) is 4.74 Å². The van der Waals surface area contributed by atoms with Gasteiger partial charge in [0.15, 0.2) is 0 Å². The third-order valence-corrected chi connectivity index (χ3v) is 6.95. The molecule has 0 radical (unpaired) electrons. The van der Waals surface area contributed by atoms with Crippen molar-refractivity contribution in [3.05, 3.63) is 0 Å². The Bertz CT molecular complexity index is 372. The Balaban J connectivity index is 1.86. The van der Waals surface area contributed by atoms with E-state index in [2.05, 4.69) is 53.4 Å². The summed E-state index contributed by atoms with van der Waals surface area (Å²) in [7, 11) is 0. The minimum atomic E-state index is -0.393. The van der Waals surface area contributed by atoms with Crippen molar-refractivity contribution in [3.8, 4) is 0 Å². The molecule has 0 saturated heterocycles. The molecule has 2 aliphatic rings. The molecule has 2 bridgehead atoms. The Kier molecular flexibility index (Phi) is 5.31. The molecule has 0 aliphatic heterocycles. The Hall–Kier alpha value is -0.120. The largest absolute Gasteiger partial charge is 0.389 e. The lowest BCUT2D eigenvalue weighted by atomic mass is 9.70. The molecule has 22 heavy (non-hydrogen) atoms. The molecule has 0 aromatic rings. The van der Waals surface area contributed by atoms with Gasteiger partial charge in [0.25, 0.3) is 0 Å². The van der Waals surface area contributed by atoms with E-state index in [1.165, 1.54) is 19.3 Å². The van der Waals surface area contributed by atoms with E-state index >= 15 is 0 Å². The topological polar surface area (TPSA) is 32.7 Å². The molecule has 0 aromatic heterocycles. The molecule has 0 heterocycles. The summed E-state index contributed by atoms with van der Waals surface area (Å²) in [5, 5.41) is 10.4. The molecule has 0 aromatic carbocycles. The van der Waals surface area contributed by atoms with Crippen LogP contribution in [0.25, 0.3) is 0 Å². The van der Waals surface area contributed by atoms with Gasteiger partial charge in [-0.05, 0) is 63.7 Å². The van der Waals surface area contributed by atoms with Gasteiger partial charge >= 0.3 is 0 Å². The van der Waals surface area contributed by atoms with Crippen molar-refractivity contribution in [2.24, 2.45) is 16.7 Å². The van der Waals surface area contributed by atoms with Gasteiger partial charge in [0, 0.05) is 18.6 Å². The first kappa shape index (κ1) is 18.2. The normalized spacial score (nSPS) is 35.0. The number of aliphatic hydroxyl groups is 1. The van der Waals surface area contributed by atoms with Crippen molar-refractivity contribution >= 4 is 0 Å². The number of nitrogens with zero attached hydrogens (tertiary/aromatic N) is 1. The van der Waals surface area contributed by atoms with Crippen molar-refractivity contribution in [2.75, 3.05) is 13.2 Å². The summed E-state index contributed by atoms with van der Waals surface area (Å²) in [4.78, 5) is 2.33. The summed E-state index contributed by atoms with van der Waals surface area (Å²) in [5.41, 5.74) is 0.664. The summed E-state index contributed by atoms with van der Waals surface area (Å²) < 4.78 is 6.22. The van der Waals surface area contributed by atoms with E-state index in [0.29, 0.717) is 36.8 Å². The zero-order valence-electron chi connectivity index (χ0n) is 15.7. The molecule has 3 heteroatoms. The van der Waals surface area contributed by atoms with Gasteiger partial charge in [0.1, 0.15) is 0 Å². The first-order chi connectivity index (χ1) is 10.1. The van der Waals surface area contributed by atoms with Crippen molar-refractivity contribution < 1.29 is 9.84 Å². The van der Waals surface area contributed by atoms with Gasteiger partial charge in [0.2, 0.25) is 0 Å². The third kappa shape index (κ3) is 3.09. The van der Waals surface area contributed by atoms with Crippen molar-refractivity contribution in [2.45, 2.75) is 92.0 Å². The van der Waals surface area contributed by atoms with Crippen LogP contribution < -0.4 is 0 Å². The van der Waals surface area contributed by atoms with Crippen LogP contribution in [0, 0.1) is 16.7 Å². The number of aliphatic hydroxyl groups excluding tert-OH is 1. The van der Waals surface area contributed by atoms with Crippen LogP contribution in [0.2, 0.25) is 0 Å². The lowest BCUT2D eigenvalue weighted by Crippen LogP contribution is -2.44. The van der Waals surface area contributed by atoms with Crippen LogP contribution in [-0.2, 0) is 4.74 Å². The van der Waals surface area contributed by atoms with Crippen LogP contribution in [0.15, 0.2) is 0 Å². The fraction of sp³-hybridized carbons (Fsp3) is 1.00. The van der Waals surface area contributed by atoms with Gasteiger partial charge in [-0.1, -0.05) is 20.8 Å². The average Bonchev–Trinajstić information content (AvgIpc) is 2.74. The monoisotopic (exact) mass is 311 g/mol. The van der Waals surface area contributed by atoms with Gasteiger partial charge in [-0.15, -0.1) is 0 Å². The van der Waals surface area contributed by atoms with E-state index in [1.54, 1.807) is 0 Å². The molecule has 2 saturated carbocycles. The first-order valence-electron chi connectivity index (χ1n) is 9.15. The fourth-order valence-corrected chi connectivity index (χ4v) is 4.92. The van der Waals surface area contributed by atoms with Gasteiger partial charge in [-0.3, -0.25) is 4.90 Å². The highest BCUT2D eigenvalue weighted by molar-refractivity contribution is 5.11. The second kappa shape index (κ2) is 6.41. The first-order valence-corrected chi connectivity index (χ1v) is 9.15. The lowest BCUT2D eigenvalue weighted by molar-refractivity contribution is -0.0819. The molecular weight excluding hydrogens is 274 g/mol. The highest BCUT2D eigenvalue weighted by atomic mass is 16.5. The highest BCUT2D eigenvalue weighted by Gasteiger charge is 2.61. The van der Waals surface area contributed by atoms with E-state index in [-0.39, 0.29) is 5.41 Å². The molecule has 2 aliphatic carbocycles. The molecule has 3 nitrogen and oxygen atoms in total. The van der Waals surface area contributed by atoms with E-state index in [1.807, 2.05) is 0 Å². The van der Waals surface area contributed by atoms with Crippen LogP contribution in [-0.4, -0.2) is 47.4 Å². The Morgan fingerprint density at radius 2 is 1.73 bits per heavy atom. The smallest absolute Gasteiger partial charge is 0.0900 e. The van der Waals surface area contributed by atoms with E-state index < -0.39 is 6.10 Å². The lowest BCUT2D eigenvalue weighted by Gasteiger charge is -2.39. The average molecular weight is 312 g/mol. The second-order valence-corrected chi connectivity index (χ2v) is 8.97. The maximum Gasteiger partial charge on any atom is 0.0900 e. The van der Waals surface area contributed by atoms with Crippen LogP contribution in [0.1, 0.15) is 67.7 Å². The van der Waals surface area contributed by atoms with Gasteiger partial charge in [-0.2, -0.15) is 0 Å². The SMILES string of the molecule is CC(C)N(C[C@@H](O)CO[C@@H]1C[C@H]2CC[C@@]1(C)C2(C)C)C(C)C. The number of hydrogen-bond acceptors (Lipinski definition) is 3. The maximum absolute atomic E-state index is 10.4. The number of fused-ring (bicyclic) bond motifs is 2. The van der Waals surface area contributed by atoms with Crippen LogP contribution in [0.4, 0.5) is 0 Å². The molecule has 0 spiro atoms. The van der Waals surface area contributed by atoms with Crippen molar-refractivity contribution in [1.82, 2.24) is 4.90 Å². The van der Waals surface area contributed by atoms with Crippen LogP contribution in [0.5, 0.6) is 0 Å². The van der Waals surface area contributed by atoms with Gasteiger partial charge in [-0.25, -0.2) is 0 Å². The summed E-state index contributed by atoms with van der Waals surface area (Å²) in [5.74, 6) is 0.794. The van der Waals surface area contributed by atoms with Gasteiger partial charge < -0.3 is 9.84 Å². The van der Waals surface area contributed by atoms with Crippen molar-refractivity contribution in [1.29, 1.82) is 0 Å². The second-order valence-electron chi connectivity index (χ2n) is 8.97. The zero-order valence-corrected chi connectivity index (χ0v) is 15.7. The Morgan fingerprint density at radius 3 is 2.14 bits per heavy atom. The minimum absolute atomic E-state index is 0.285. The molecular formula is C19H37NO2. The third-order valence-electron chi connectivity index (χ3n) is 6.95. The summed E-state index contributed by atoms with van der Waals surface area (Å²) >= 11 is 0. The Labute approximate surface area is 137 Å². The molecule has 4 atom stereocenters. The van der Waals surface area contributed by atoms with Gasteiger partial charge in [0.05, 0.1) is 18.8 Å². The maximum atomic E-state index is 10.4. The summed E-state index contributed by atoms with van der Waals surface area (Å²) in [6.45, 7) is 17.1. The number of ether oxygens (including phenoxy) is 1. The number of rotatable bonds is 7. The van der Waals surface area contributed by atoms with E-state index in [9.17, 15) is 5.11 Å². The highest BCUT2D eigenvalue weighted by Crippen LogP contribution is 2.66. The predicted octanol–water partition coefficient (Wildman–Crippen LogP) is 3.70. The summed E-state index contributed by atoms with van der Waals surface area (Å²) in [6, 6.07) is 0.905. The molecule has 2 rings (SSSR count). The van der Waals surface area contributed by atoms with Crippen LogP contribution in [0.3, 0.4) is 0 Å². The molecule has 0 amide bonds.